The highest BCUT2D eigenvalue weighted by Crippen LogP contribution is 2.22. The normalized spacial score (nSPS) is 11.0. The van der Waals surface area contributed by atoms with E-state index in [0.717, 1.165) is 11.1 Å². The number of aromatic nitrogens is 4. The van der Waals surface area contributed by atoms with Gasteiger partial charge in [0.1, 0.15) is 5.82 Å². The average Bonchev–Trinajstić information content (AvgIpc) is 2.76. The van der Waals surface area contributed by atoms with Crippen LogP contribution in [0.4, 0.5) is 11.6 Å². The number of fused-ring (bicyclic) bond motifs is 1. The zero-order valence-electron chi connectivity index (χ0n) is 10.2. The van der Waals surface area contributed by atoms with Crippen LogP contribution >= 0.6 is 0 Å². The molecule has 0 bridgehead atoms. The van der Waals surface area contributed by atoms with E-state index >= 15 is 0 Å². The Morgan fingerprint density at radius 1 is 1.16 bits per heavy atom. The molecule has 7 nitrogen and oxygen atoms in total. The molecular weight excluding hydrogens is 244 g/mol. The highest BCUT2D eigenvalue weighted by atomic mass is 16.1. The summed E-state index contributed by atoms with van der Waals surface area (Å²) in [5.41, 5.74) is 14.0. The van der Waals surface area contributed by atoms with E-state index < -0.39 is 0 Å². The molecule has 0 amide bonds. The number of nitrogen functional groups attached to an aromatic ring is 2. The molecule has 6 N–H and O–H groups in total. The zero-order valence-corrected chi connectivity index (χ0v) is 10.2. The second kappa shape index (κ2) is 3.84. The minimum Gasteiger partial charge on any atom is -0.399 e. The maximum Gasteiger partial charge on any atom is 0.278 e. The highest BCUT2D eigenvalue weighted by Gasteiger charge is 2.10. The summed E-state index contributed by atoms with van der Waals surface area (Å²) in [4.78, 5) is 25.3. The third-order valence-corrected chi connectivity index (χ3v) is 2.92. The lowest BCUT2D eigenvalue weighted by atomic mass is 10.1. The molecular formula is C12H12N6O. The average molecular weight is 256 g/mol. The highest BCUT2D eigenvalue weighted by molar-refractivity contribution is 5.76. The van der Waals surface area contributed by atoms with Crippen molar-refractivity contribution in [2.45, 2.75) is 6.92 Å². The number of hydrogen-bond acceptors (Lipinski definition) is 5. The fourth-order valence-electron chi connectivity index (χ4n) is 1.88. The molecule has 2 heterocycles. The quantitative estimate of drug-likeness (QED) is 0.479. The molecule has 0 radical (unpaired) electrons. The van der Waals surface area contributed by atoms with E-state index in [9.17, 15) is 4.79 Å². The summed E-state index contributed by atoms with van der Waals surface area (Å²) in [6, 6.07) is 5.52. The Morgan fingerprint density at radius 2 is 1.95 bits per heavy atom. The maximum absolute atomic E-state index is 11.7. The second-order valence-electron chi connectivity index (χ2n) is 4.31. The Balaban J connectivity index is 2.23. The molecule has 0 atom stereocenters. The van der Waals surface area contributed by atoms with Crippen molar-refractivity contribution in [1.29, 1.82) is 0 Å². The van der Waals surface area contributed by atoms with Crippen molar-refractivity contribution in [1.82, 2.24) is 19.9 Å². The number of nitrogens with one attached hydrogen (secondary N) is 2. The number of anilines is 2. The standard InChI is InChI=1S/C12H12N6O/c1-5-4-6(2-3-7(5)13)9-15-8-10(16-9)17-12(14)18-11(8)19/h2-4H,13H2,1H3,(H4,14,15,16,17,18,19). The van der Waals surface area contributed by atoms with Gasteiger partial charge in [-0.15, -0.1) is 0 Å². The number of aryl methyl sites for hydroxylation is 1. The summed E-state index contributed by atoms with van der Waals surface area (Å²) in [5.74, 6) is 0.603. The van der Waals surface area contributed by atoms with Gasteiger partial charge in [-0.25, -0.2) is 4.98 Å². The van der Waals surface area contributed by atoms with E-state index in [4.69, 9.17) is 11.5 Å². The molecule has 3 aromatic rings. The Bertz CT molecular complexity index is 832. The van der Waals surface area contributed by atoms with Gasteiger partial charge in [0, 0.05) is 11.3 Å². The predicted octanol–water partition coefficient (Wildman–Crippen LogP) is 0.786. The predicted molar refractivity (Wildman–Crippen MR) is 73.5 cm³/mol. The lowest BCUT2D eigenvalue weighted by molar-refractivity contribution is 1.17. The zero-order chi connectivity index (χ0) is 13.6. The minimum absolute atomic E-state index is 0.0454. The number of nitrogens with zero attached hydrogens (tertiary/aromatic N) is 2. The smallest absolute Gasteiger partial charge is 0.278 e. The van der Waals surface area contributed by atoms with Gasteiger partial charge in [-0.3, -0.25) is 9.78 Å². The lowest BCUT2D eigenvalue weighted by Gasteiger charge is -2.01. The first-order valence-electron chi connectivity index (χ1n) is 5.66. The van der Waals surface area contributed by atoms with Crippen LogP contribution < -0.4 is 17.0 Å². The first kappa shape index (κ1) is 11.3. The number of rotatable bonds is 1. The molecule has 0 saturated heterocycles. The van der Waals surface area contributed by atoms with E-state index in [1.54, 1.807) is 6.07 Å². The second-order valence-corrected chi connectivity index (χ2v) is 4.31. The van der Waals surface area contributed by atoms with Crippen molar-refractivity contribution in [2.24, 2.45) is 0 Å². The van der Waals surface area contributed by atoms with Crippen LogP contribution in [0.5, 0.6) is 0 Å². The SMILES string of the molecule is Cc1cc(-c2nc3nc(N)[nH]c(=O)c3[nH]2)ccc1N. The van der Waals surface area contributed by atoms with Crippen LogP contribution in [0, 0.1) is 6.92 Å². The van der Waals surface area contributed by atoms with E-state index in [1.807, 2.05) is 19.1 Å². The maximum atomic E-state index is 11.7. The van der Waals surface area contributed by atoms with Crippen LogP contribution in [0.2, 0.25) is 0 Å². The van der Waals surface area contributed by atoms with Gasteiger partial charge in [0.05, 0.1) is 0 Å². The van der Waals surface area contributed by atoms with Gasteiger partial charge in [-0.1, -0.05) is 0 Å². The van der Waals surface area contributed by atoms with Gasteiger partial charge in [0.15, 0.2) is 11.2 Å². The number of benzene rings is 1. The van der Waals surface area contributed by atoms with Crippen LogP contribution in [-0.4, -0.2) is 19.9 Å². The molecule has 0 saturated carbocycles. The number of nitrogens with two attached hydrogens (primary N) is 2. The number of aromatic amines is 2. The van der Waals surface area contributed by atoms with E-state index in [-0.39, 0.29) is 11.5 Å². The van der Waals surface area contributed by atoms with Gasteiger partial charge >= 0.3 is 0 Å². The van der Waals surface area contributed by atoms with Gasteiger partial charge < -0.3 is 16.5 Å². The molecule has 0 aliphatic heterocycles. The van der Waals surface area contributed by atoms with Crippen LogP contribution in [-0.2, 0) is 0 Å². The molecule has 0 aliphatic rings. The first-order valence-corrected chi connectivity index (χ1v) is 5.66. The van der Waals surface area contributed by atoms with Crippen LogP contribution in [0.15, 0.2) is 23.0 Å². The summed E-state index contributed by atoms with van der Waals surface area (Å²) in [5, 5.41) is 0. The van der Waals surface area contributed by atoms with Gasteiger partial charge in [0.2, 0.25) is 5.95 Å². The van der Waals surface area contributed by atoms with Crippen molar-refractivity contribution in [3.8, 4) is 11.4 Å². The van der Waals surface area contributed by atoms with Crippen LogP contribution in [0.25, 0.3) is 22.6 Å². The van der Waals surface area contributed by atoms with Crippen molar-refractivity contribution in [3.05, 3.63) is 34.1 Å². The molecule has 0 spiro atoms. The van der Waals surface area contributed by atoms with Crippen molar-refractivity contribution < 1.29 is 0 Å². The summed E-state index contributed by atoms with van der Waals surface area (Å²) >= 11 is 0. The Hall–Kier alpha value is -2.83. The summed E-state index contributed by atoms with van der Waals surface area (Å²) in [6.45, 7) is 1.91. The molecule has 3 rings (SSSR count). The lowest BCUT2D eigenvalue weighted by Crippen LogP contribution is -2.10. The van der Waals surface area contributed by atoms with Crippen molar-refractivity contribution >= 4 is 22.8 Å². The van der Waals surface area contributed by atoms with Crippen molar-refractivity contribution in [2.75, 3.05) is 11.5 Å². The Labute approximate surface area is 107 Å². The fourth-order valence-corrected chi connectivity index (χ4v) is 1.88. The van der Waals surface area contributed by atoms with Gasteiger partial charge in [0.25, 0.3) is 5.56 Å². The molecule has 19 heavy (non-hydrogen) atoms. The monoisotopic (exact) mass is 256 g/mol. The number of H-pyrrole nitrogens is 2. The first-order chi connectivity index (χ1) is 9.04. The molecule has 0 unspecified atom stereocenters. The molecule has 7 heteroatoms. The summed E-state index contributed by atoms with van der Waals surface area (Å²) in [7, 11) is 0. The minimum atomic E-state index is -0.339. The Kier molecular flexibility index (Phi) is 2.28. The third-order valence-electron chi connectivity index (χ3n) is 2.92. The van der Waals surface area contributed by atoms with Crippen LogP contribution in [0.3, 0.4) is 0 Å². The van der Waals surface area contributed by atoms with E-state index in [2.05, 4.69) is 19.9 Å². The Morgan fingerprint density at radius 3 is 2.68 bits per heavy atom. The van der Waals surface area contributed by atoms with E-state index in [0.29, 0.717) is 22.7 Å². The van der Waals surface area contributed by atoms with Crippen LogP contribution in [0.1, 0.15) is 5.56 Å². The summed E-state index contributed by atoms with van der Waals surface area (Å²) in [6.07, 6.45) is 0. The van der Waals surface area contributed by atoms with Crippen molar-refractivity contribution in [3.63, 3.8) is 0 Å². The van der Waals surface area contributed by atoms with E-state index in [1.165, 1.54) is 0 Å². The molecule has 1 aromatic carbocycles. The van der Waals surface area contributed by atoms with Gasteiger partial charge in [-0.2, -0.15) is 4.98 Å². The fraction of sp³-hybridized carbons (Fsp3) is 0.0833. The number of imidazole rings is 1. The molecule has 0 fully saturated rings. The molecule has 2 aromatic heterocycles. The largest absolute Gasteiger partial charge is 0.399 e. The van der Waals surface area contributed by atoms with Gasteiger partial charge in [-0.05, 0) is 30.7 Å². The number of hydrogen-bond donors (Lipinski definition) is 4. The molecule has 96 valence electrons. The summed E-state index contributed by atoms with van der Waals surface area (Å²) < 4.78 is 0. The third kappa shape index (κ3) is 1.81. The molecule has 0 aliphatic carbocycles. The topological polar surface area (TPSA) is 126 Å².